The molecular formula is C21H30O4S. The average molecular weight is 379 g/mol. The smallest absolute Gasteiger partial charge is 0.336 e. The highest BCUT2D eigenvalue weighted by Crippen LogP contribution is 2.21. The third-order valence-electron chi connectivity index (χ3n) is 4.91. The van der Waals surface area contributed by atoms with Crippen LogP contribution in [0.1, 0.15) is 58.9 Å². The van der Waals surface area contributed by atoms with Gasteiger partial charge >= 0.3 is 5.63 Å². The van der Waals surface area contributed by atoms with Crippen LogP contribution in [0.25, 0.3) is 11.0 Å². The second-order valence-corrected chi connectivity index (χ2v) is 11.1. The molecule has 2 rings (SSSR count). The lowest BCUT2D eigenvalue weighted by Crippen LogP contribution is -2.30. The molecule has 0 fully saturated rings. The highest BCUT2D eigenvalue weighted by Gasteiger charge is 2.28. The minimum absolute atomic E-state index is 0.271. The Morgan fingerprint density at radius 2 is 1.77 bits per heavy atom. The minimum Gasteiger partial charge on any atom is -0.423 e. The minimum atomic E-state index is -3.02. The van der Waals surface area contributed by atoms with Gasteiger partial charge in [-0.1, -0.05) is 25.8 Å². The Bertz CT molecular complexity index is 888. The summed E-state index contributed by atoms with van der Waals surface area (Å²) in [5.41, 5.74) is 1.52. The summed E-state index contributed by atoms with van der Waals surface area (Å²) in [6, 6.07) is 9.16. The highest BCUT2D eigenvalue weighted by atomic mass is 32.2. The Kier molecular flexibility index (Phi) is 6.67. The fourth-order valence-corrected chi connectivity index (χ4v) is 4.23. The first kappa shape index (κ1) is 20.7. The van der Waals surface area contributed by atoms with Crippen molar-refractivity contribution in [2.24, 2.45) is 5.92 Å². The number of unbranched alkanes of at least 4 members (excludes halogenated alkanes) is 1. The maximum absolute atomic E-state index is 12.2. The Balaban J connectivity index is 1.76. The van der Waals surface area contributed by atoms with Crippen LogP contribution in [0.2, 0.25) is 0 Å². The molecule has 0 radical (unpaired) electrons. The van der Waals surface area contributed by atoms with Crippen molar-refractivity contribution in [1.29, 1.82) is 0 Å². The van der Waals surface area contributed by atoms with Gasteiger partial charge in [0.15, 0.2) is 9.84 Å². The molecule has 26 heavy (non-hydrogen) atoms. The number of hydrogen-bond donors (Lipinski definition) is 0. The van der Waals surface area contributed by atoms with Crippen molar-refractivity contribution in [2.75, 3.05) is 5.75 Å². The van der Waals surface area contributed by atoms with E-state index in [1.807, 2.05) is 12.1 Å². The second kappa shape index (κ2) is 8.38. The van der Waals surface area contributed by atoms with E-state index in [-0.39, 0.29) is 11.4 Å². The number of rotatable bonds is 8. The van der Waals surface area contributed by atoms with Crippen LogP contribution in [0.3, 0.4) is 0 Å². The van der Waals surface area contributed by atoms with Gasteiger partial charge in [0.05, 0.1) is 10.5 Å². The topological polar surface area (TPSA) is 64.3 Å². The van der Waals surface area contributed by atoms with Crippen LogP contribution in [-0.4, -0.2) is 18.9 Å². The van der Waals surface area contributed by atoms with Gasteiger partial charge in [-0.3, -0.25) is 0 Å². The monoisotopic (exact) mass is 378 g/mol. The molecule has 0 aliphatic carbocycles. The third-order valence-corrected chi connectivity index (χ3v) is 7.55. The Morgan fingerprint density at radius 1 is 1.04 bits per heavy atom. The van der Waals surface area contributed by atoms with E-state index in [2.05, 4.69) is 13.0 Å². The van der Waals surface area contributed by atoms with E-state index in [4.69, 9.17) is 4.42 Å². The molecular weight excluding hydrogens is 348 g/mol. The van der Waals surface area contributed by atoms with Gasteiger partial charge in [0.25, 0.3) is 0 Å². The van der Waals surface area contributed by atoms with Gasteiger partial charge < -0.3 is 4.42 Å². The number of hydrogen-bond acceptors (Lipinski definition) is 4. The van der Waals surface area contributed by atoms with Gasteiger partial charge in [-0.15, -0.1) is 0 Å². The van der Waals surface area contributed by atoms with Gasteiger partial charge in [0, 0.05) is 11.5 Å². The zero-order chi connectivity index (χ0) is 19.4. The van der Waals surface area contributed by atoms with Crippen LogP contribution in [0, 0.1) is 5.92 Å². The predicted molar refractivity (Wildman–Crippen MR) is 107 cm³/mol. The molecule has 5 heteroatoms. The summed E-state index contributed by atoms with van der Waals surface area (Å²) in [4.78, 5) is 11.2. The first-order valence-electron chi connectivity index (χ1n) is 9.33. The largest absolute Gasteiger partial charge is 0.423 e. The van der Waals surface area contributed by atoms with E-state index in [1.165, 1.54) is 11.6 Å². The van der Waals surface area contributed by atoms with E-state index in [0.29, 0.717) is 11.5 Å². The quantitative estimate of drug-likeness (QED) is 0.491. The molecule has 0 saturated carbocycles. The molecule has 0 N–H and O–H groups in total. The average Bonchev–Trinajstić information content (AvgIpc) is 2.56. The van der Waals surface area contributed by atoms with Crippen molar-refractivity contribution >= 4 is 20.8 Å². The maximum atomic E-state index is 12.2. The third kappa shape index (κ3) is 5.70. The number of aryl methyl sites for hydroxylation is 1. The lowest BCUT2D eigenvalue weighted by atomic mass is 9.99. The van der Waals surface area contributed by atoms with E-state index in [1.54, 1.807) is 26.8 Å². The van der Waals surface area contributed by atoms with E-state index >= 15 is 0 Å². The standard InChI is InChI=1S/C21H30O4S/c1-16(13-14-26(23,24)21(2,3)4)7-5-6-8-17-9-11-19-18(15-17)10-12-20(22)25-19/h9-12,15-16H,5-8,13-14H2,1-4H3. The zero-order valence-corrected chi connectivity index (χ0v) is 17.1. The lowest BCUT2D eigenvalue weighted by Gasteiger charge is -2.20. The fourth-order valence-electron chi connectivity index (χ4n) is 2.91. The Labute approximate surface area is 156 Å². The molecule has 0 saturated heterocycles. The fraction of sp³-hybridized carbons (Fsp3) is 0.571. The van der Waals surface area contributed by atoms with Gasteiger partial charge in [0.1, 0.15) is 5.58 Å². The SMILES string of the molecule is CC(CCCCc1ccc2oc(=O)ccc2c1)CCS(=O)(=O)C(C)(C)C. The molecule has 1 unspecified atom stereocenters. The summed E-state index contributed by atoms with van der Waals surface area (Å²) in [5.74, 6) is 0.686. The van der Waals surface area contributed by atoms with Crippen molar-refractivity contribution in [2.45, 2.75) is 64.5 Å². The summed E-state index contributed by atoms with van der Waals surface area (Å²) in [6.07, 6.45) is 4.90. The van der Waals surface area contributed by atoms with Gasteiger partial charge in [-0.05, 0) is 69.7 Å². The molecule has 2 aromatic rings. The summed E-state index contributed by atoms with van der Waals surface area (Å²) in [5, 5.41) is 0.947. The Morgan fingerprint density at radius 3 is 2.46 bits per heavy atom. The predicted octanol–water partition coefficient (Wildman–Crippen LogP) is 4.75. The molecule has 4 nitrogen and oxygen atoms in total. The summed E-state index contributed by atoms with van der Waals surface area (Å²) < 4.78 is 28.8. The van der Waals surface area contributed by atoms with Crippen molar-refractivity contribution in [3.8, 4) is 0 Å². The second-order valence-electron chi connectivity index (χ2n) is 8.20. The molecule has 1 atom stereocenters. The molecule has 0 bridgehead atoms. The number of sulfone groups is 1. The normalized spacial score (nSPS) is 13.8. The lowest BCUT2D eigenvalue weighted by molar-refractivity contribution is 0.477. The van der Waals surface area contributed by atoms with Crippen molar-refractivity contribution in [1.82, 2.24) is 0 Å². The number of fused-ring (bicyclic) bond motifs is 1. The van der Waals surface area contributed by atoms with Gasteiger partial charge in [0.2, 0.25) is 0 Å². The van der Waals surface area contributed by atoms with Gasteiger partial charge in [-0.2, -0.15) is 0 Å². The van der Waals surface area contributed by atoms with E-state index in [9.17, 15) is 13.2 Å². The van der Waals surface area contributed by atoms with Crippen molar-refractivity contribution in [3.63, 3.8) is 0 Å². The van der Waals surface area contributed by atoms with Crippen molar-refractivity contribution < 1.29 is 12.8 Å². The highest BCUT2D eigenvalue weighted by molar-refractivity contribution is 7.92. The number of benzene rings is 1. The van der Waals surface area contributed by atoms with E-state index in [0.717, 1.165) is 37.5 Å². The molecule has 0 aliphatic heterocycles. The van der Waals surface area contributed by atoms with Crippen LogP contribution >= 0.6 is 0 Å². The first-order valence-corrected chi connectivity index (χ1v) is 11.0. The molecule has 0 aliphatic rings. The summed E-state index contributed by atoms with van der Waals surface area (Å²) >= 11 is 0. The maximum Gasteiger partial charge on any atom is 0.336 e. The van der Waals surface area contributed by atoms with Crippen LogP contribution in [0.5, 0.6) is 0 Å². The first-order chi connectivity index (χ1) is 12.1. The van der Waals surface area contributed by atoms with Crippen molar-refractivity contribution in [3.05, 3.63) is 46.3 Å². The van der Waals surface area contributed by atoms with Crippen LogP contribution < -0.4 is 5.63 Å². The van der Waals surface area contributed by atoms with Crippen LogP contribution in [0.4, 0.5) is 0 Å². The van der Waals surface area contributed by atoms with Crippen LogP contribution in [-0.2, 0) is 16.3 Å². The molecule has 144 valence electrons. The van der Waals surface area contributed by atoms with Crippen LogP contribution in [0.15, 0.2) is 39.5 Å². The Hall–Kier alpha value is -1.62. The molecule has 1 aromatic carbocycles. The summed E-state index contributed by atoms with van der Waals surface area (Å²) in [6.45, 7) is 7.43. The summed E-state index contributed by atoms with van der Waals surface area (Å²) in [7, 11) is -3.02. The zero-order valence-electron chi connectivity index (χ0n) is 16.2. The van der Waals surface area contributed by atoms with Gasteiger partial charge in [-0.25, -0.2) is 13.2 Å². The molecule has 1 heterocycles. The van der Waals surface area contributed by atoms with E-state index < -0.39 is 14.6 Å². The molecule has 0 amide bonds. The molecule has 1 aromatic heterocycles. The molecule has 0 spiro atoms.